The average Bonchev–Trinajstić information content (AvgIpc) is 3.84. The maximum absolute atomic E-state index is 6.44. The van der Waals surface area contributed by atoms with E-state index in [0.717, 1.165) is 44.5 Å². The summed E-state index contributed by atoms with van der Waals surface area (Å²) in [6.07, 6.45) is -0.309. The van der Waals surface area contributed by atoms with E-state index in [9.17, 15) is 0 Å². The van der Waals surface area contributed by atoms with Gasteiger partial charge in [0.2, 0.25) is 0 Å². The first-order chi connectivity index (χ1) is 27.7. The SMILES string of the molecule is c1ccc(C2N=C(c3cccc4c3oc3ccccc34)N=C(c3ccc4c(c3)sc3cc(-c5ccc6c7ccccc7c7ccccc7c6c5)ccc34)N2)cc1. The van der Waals surface area contributed by atoms with Gasteiger partial charge in [-0.1, -0.05) is 146 Å². The van der Waals surface area contributed by atoms with Crippen LogP contribution in [0.2, 0.25) is 0 Å². The number of hydrogen-bond acceptors (Lipinski definition) is 5. The molecule has 0 bridgehead atoms. The molecule has 0 spiro atoms. The molecule has 1 unspecified atom stereocenters. The summed E-state index contributed by atoms with van der Waals surface area (Å²) in [6.45, 7) is 0. The molecule has 0 radical (unpaired) electrons. The zero-order valence-corrected chi connectivity index (χ0v) is 30.8. The number of nitrogens with one attached hydrogen (secondary N) is 1. The summed E-state index contributed by atoms with van der Waals surface area (Å²) in [6, 6.07) is 62.8. The van der Waals surface area contributed by atoms with E-state index in [2.05, 4.69) is 157 Å². The van der Waals surface area contributed by atoms with Crippen LogP contribution in [0.1, 0.15) is 22.9 Å². The number of benzene rings is 9. The summed E-state index contributed by atoms with van der Waals surface area (Å²) in [4.78, 5) is 10.4. The van der Waals surface area contributed by atoms with Crippen molar-refractivity contribution in [2.75, 3.05) is 0 Å². The minimum absolute atomic E-state index is 0.309. The molecular weight excluding hydrogens is 703 g/mol. The van der Waals surface area contributed by atoms with E-state index in [-0.39, 0.29) is 6.17 Å². The summed E-state index contributed by atoms with van der Waals surface area (Å²) >= 11 is 1.83. The Kier molecular flexibility index (Phi) is 6.83. The Balaban J connectivity index is 0.963. The predicted molar refractivity (Wildman–Crippen MR) is 236 cm³/mol. The van der Waals surface area contributed by atoms with Crippen molar-refractivity contribution in [2.45, 2.75) is 6.17 Å². The number of rotatable bonds is 4. The lowest BCUT2D eigenvalue weighted by molar-refractivity contribution is 0.663. The van der Waals surface area contributed by atoms with E-state index in [1.807, 2.05) is 35.6 Å². The zero-order chi connectivity index (χ0) is 36.7. The van der Waals surface area contributed by atoms with Gasteiger partial charge in [0.25, 0.3) is 0 Å². The molecule has 9 aromatic carbocycles. The molecule has 1 aliphatic heterocycles. The lowest BCUT2D eigenvalue weighted by Gasteiger charge is -2.23. The lowest BCUT2D eigenvalue weighted by atomic mass is 9.92. The number of fused-ring (bicyclic) bond motifs is 12. The normalized spacial score (nSPS) is 14.6. The maximum atomic E-state index is 6.44. The highest BCUT2D eigenvalue weighted by Gasteiger charge is 2.24. The van der Waals surface area contributed by atoms with Gasteiger partial charge in [-0.05, 0) is 79.3 Å². The van der Waals surface area contributed by atoms with E-state index in [0.29, 0.717) is 5.84 Å². The Morgan fingerprint density at radius 2 is 1.00 bits per heavy atom. The largest absolute Gasteiger partial charge is 0.455 e. The highest BCUT2D eigenvalue weighted by molar-refractivity contribution is 7.25. The first-order valence-electron chi connectivity index (χ1n) is 18.9. The molecule has 0 saturated carbocycles. The Hall–Kier alpha value is -7.08. The maximum Gasteiger partial charge on any atom is 0.163 e. The fraction of sp³-hybridized carbons (Fsp3) is 0.0196. The number of amidine groups is 2. The third kappa shape index (κ3) is 4.84. The van der Waals surface area contributed by atoms with E-state index in [4.69, 9.17) is 14.4 Å². The summed E-state index contributed by atoms with van der Waals surface area (Å²) in [7, 11) is 0. The highest BCUT2D eigenvalue weighted by atomic mass is 32.1. The van der Waals surface area contributed by atoms with Crippen molar-refractivity contribution >= 4 is 97.4 Å². The molecule has 5 heteroatoms. The van der Waals surface area contributed by atoms with Crippen molar-refractivity contribution in [3.63, 3.8) is 0 Å². The standard InChI is InChI=1S/C51H31N3OS/c1-2-11-30(12-3-1)49-52-50(54-51(53-49)43-19-10-18-42-39-17-8-9-20-45(39)55-48(42)43)33-23-26-41-40-25-22-32(28-46(40)56-47(41)29-33)31-21-24-38-36-15-5-4-13-34(36)35-14-6-7-16-37(35)44(38)27-31/h1-29,49H,(H,52,53,54). The van der Waals surface area contributed by atoms with Crippen molar-refractivity contribution in [3.05, 3.63) is 193 Å². The zero-order valence-electron chi connectivity index (χ0n) is 30.0. The van der Waals surface area contributed by atoms with Crippen LogP contribution in [0.15, 0.2) is 190 Å². The fourth-order valence-electron chi connectivity index (χ4n) is 8.64. The molecule has 1 aliphatic rings. The average molecular weight is 734 g/mol. The topological polar surface area (TPSA) is 49.9 Å². The van der Waals surface area contributed by atoms with E-state index in [1.165, 1.54) is 63.6 Å². The number of thiophene rings is 1. The summed E-state index contributed by atoms with van der Waals surface area (Å²) < 4.78 is 8.92. The van der Waals surface area contributed by atoms with Gasteiger partial charge in [0.1, 0.15) is 23.2 Å². The van der Waals surface area contributed by atoms with Gasteiger partial charge < -0.3 is 9.73 Å². The van der Waals surface area contributed by atoms with Gasteiger partial charge in [0.15, 0.2) is 5.84 Å². The van der Waals surface area contributed by atoms with Crippen LogP contribution in [-0.4, -0.2) is 11.7 Å². The van der Waals surface area contributed by atoms with Crippen LogP contribution in [0.25, 0.3) is 85.6 Å². The second kappa shape index (κ2) is 12.2. The van der Waals surface area contributed by atoms with Crippen molar-refractivity contribution in [1.82, 2.24) is 5.32 Å². The first-order valence-corrected chi connectivity index (χ1v) is 19.7. The van der Waals surface area contributed by atoms with Gasteiger partial charge in [0, 0.05) is 36.5 Å². The molecule has 56 heavy (non-hydrogen) atoms. The minimum Gasteiger partial charge on any atom is -0.455 e. The number of nitrogens with zero attached hydrogens (tertiary/aromatic N) is 2. The Bertz CT molecular complexity index is 3430. The second-order valence-electron chi connectivity index (χ2n) is 14.5. The lowest BCUT2D eigenvalue weighted by Crippen LogP contribution is -2.33. The quantitative estimate of drug-likeness (QED) is 0.183. The van der Waals surface area contributed by atoms with Gasteiger partial charge in [-0.25, -0.2) is 9.98 Å². The monoisotopic (exact) mass is 733 g/mol. The molecule has 11 aromatic rings. The van der Waals surface area contributed by atoms with Gasteiger partial charge in [-0.3, -0.25) is 0 Å². The smallest absolute Gasteiger partial charge is 0.163 e. The van der Waals surface area contributed by atoms with Crippen LogP contribution < -0.4 is 5.32 Å². The van der Waals surface area contributed by atoms with Crippen LogP contribution in [-0.2, 0) is 0 Å². The van der Waals surface area contributed by atoms with Crippen molar-refractivity contribution in [2.24, 2.45) is 9.98 Å². The van der Waals surface area contributed by atoms with Gasteiger partial charge in [-0.15, -0.1) is 11.3 Å². The van der Waals surface area contributed by atoms with Crippen LogP contribution in [0, 0.1) is 0 Å². The van der Waals surface area contributed by atoms with Crippen LogP contribution in [0.5, 0.6) is 0 Å². The van der Waals surface area contributed by atoms with Crippen LogP contribution >= 0.6 is 11.3 Å². The van der Waals surface area contributed by atoms with E-state index < -0.39 is 0 Å². The number of hydrogen-bond donors (Lipinski definition) is 1. The molecule has 0 fully saturated rings. The molecule has 1 N–H and O–H groups in total. The molecule has 262 valence electrons. The molecule has 12 rings (SSSR count). The second-order valence-corrected chi connectivity index (χ2v) is 15.6. The van der Waals surface area contributed by atoms with Crippen molar-refractivity contribution in [1.29, 1.82) is 0 Å². The van der Waals surface area contributed by atoms with E-state index in [1.54, 1.807) is 0 Å². The van der Waals surface area contributed by atoms with E-state index >= 15 is 0 Å². The number of aliphatic imine (C=N–C) groups is 2. The molecule has 0 aliphatic carbocycles. The van der Waals surface area contributed by atoms with Crippen molar-refractivity contribution < 1.29 is 4.42 Å². The van der Waals surface area contributed by atoms with Gasteiger partial charge in [-0.2, -0.15) is 0 Å². The Morgan fingerprint density at radius 3 is 1.73 bits per heavy atom. The minimum atomic E-state index is -0.309. The summed E-state index contributed by atoms with van der Waals surface area (Å²) in [5.41, 5.74) is 7.05. The summed E-state index contributed by atoms with van der Waals surface area (Å²) in [5, 5.41) is 16.1. The number of para-hydroxylation sites is 2. The first kappa shape index (κ1) is 31.3. The molecular formula is C51H31N3OS. The van der Waals surface area contributed by atoms with Crippen LogP contribution in [0.3, 0.4) is 0 Å². The van der Waals surface area contributed by atoms with Crippen LogP contribution in [0.4, 0.5) is 0 Å². The molecule has 3 heterocycles. The summed E-state index contributed by atoms with van der Waals surface area (Å²) in [5.74, 6) is 1.43. The Morgan fingerprint density at radius 1 is 0.446 bits per heavy atom. The third-order valence-electron chi connectivity index (χ3n) is 11.3. The third-order valence-corrected chi connectivity index (χ3v) is 12.4. The fourth-order valence-corrected chi connectivity index (χ4v) is 9.82. The molecule has 1 atom stereocenters. The predicted octanol–water partition coefficient (Wildman–Crippen LogP) is 13.6. The van der Waals surface area contributed by atoms with Gasteiger partial charge in [0.05, 0.1) is 5.56 Å². The van der Waals surface area contributed by atoms with Crippen molar-refractivity contribution in [3.8, 4) is 11.1 Å². The highest BCUT2D eigenvalue weighted by Crippen LogP contribution is 2.40. The molecule has 4 nitrogen and oxygen atoms in total. The Labute approximate surface area is 325 Å². The van der Waals surface area contributed by atoms with Gasteiger partial charge >= 0.3 is 0 Å². The molecule has 0 amide bonds. The number of furan rings is 1. The molecule has 2 aromatic heterocycles. The molecule has 0 saturated heterocycles.